The first-order valence-electron chi connectivity index (χ1n) is 7.39. The highest BCUT2D eigenvalue weighted by atomic mass is 19.4. The van der Waals surface area contributed by atoms with Gasteiger partial charge in [0.05, 0.1) is 23.0 Å². The molecule has 3 rings (SSSR count). The third kappa shape index (κ3) is 3.39. The summed E-state index contributed by atoms with van der Waals surface area (Å²) in [5.74, 6) is 0. The molecule has 0 fully saturated rings. The Labute approximate surface area is 141 Å². The highest BCUT2D eigenvalue weighted by Gasteiger charge is 2.35. The van der Waals surface area contributed by atoms with Crippen molar-refractivity contribution in [2.24, 2.45) is 5.73 Å². The first kappa shape index (κ1) is 16.7. The molecule has 0 saturated heterocycles. The average Bonchev–Trinajstić information content (AvgIpc) is 3.07. The third-order valence-electron chi connectivity index (χ3n) is 3.73. The molecule has 3 aromatic rings. The molecule has 0 bridgehead atoms. The highest BCUT2D eigenvalue weighted by Crippen LogP contribution is 2.33. The zero-order valence-electron chi connectivity index (χ0n) is 13.0. The molecule has 1 heterocycles. The van der Waals surface area contributed by atoms with Crippen LogP contribution in [0.1, 0.15) is 16.8 Å². The smallest absolute Gasteiger partial charge is 0.326 e. The van der Waals surface area contributed by atoms with Crippen molar-refractivity contribution in [3.63, 3.8) is 0 Å². The number of hydrogen-bond acceptors (Lipinski definition) is 3. The quantitative estimate of drug-likeness (QED) is 0.785. The summed E-state index contributed by atoms with van der Waals surface area (Å²) in [5.41, 5.74) is 7.18. The van der Waals surface area contributed by atoms with Gasteiger partial charge in [-0.15, -0.1) is 0 Å². The Morgan fingerprint density at radius 1 is 1.04 bits per heavy atom. The Bertz CT molecular complexity index is 917. The molecule has 2 aromatic carbocycles. The molecule has 7 heteroatoms. The van der Waals surface area contributed by atoms with Gasteiger partial charge in [0.1, 0.15) is 0 Å². The molecule has 0 unspecified atom stereocenters. The van der Waals surface area contributed by atoms with Gasteiger partial charge < -0.3 is 5.73 Å². The fourth-order valence-electron chi connectivity index (χ4n) is 2.41. The first-order chi connectivity index (χ1) is 11.9. The minimum atomic E-state index is -4.55. The van der Waals surface area contributed by atoms with Crippen LogP contribution in [0.15, 0.2) is 54.6 Å². The largest absolute Gasteiger partial charge is 0.435 e. The average molecular weight is 342 g/mol. The molecule has 1 aromatic heterocycles. The Morgan fingerprint density at radius 3 is 2.20 bits per heavy atom. The van der Waals surface area contributed by atoms with E-state index in [9.17, 15) is 13.2 Å². The monoisotopic (exact) mass is 342 g/mol. The van der Waals surface area contributed by atoms with Crippen molar-refractivity contribution < 1.29 is 13.2 Å². The van der Waals surface area contributed by atoms with Gasteiger partial charge in [-0.25, -0.2) is 4.68 Å². The van der Waals surface area contributed by atoms with Crippen molar-refractivity contribution in [2.75, 3.05) is 0 Å². The van der Waals surface area contributed by atoms with Crippen LogP contribution in [0, 0.1) is 11.3 Å². The molecule has 25 heavy (non-hydrogen) atoms. The van der Waals surface area contributed by atoms with Crippen LogP contribution >= 0.6 is 0 Å². The number of aromatic nitrogens is 2. The minimum absolute atomic E-state index is 0.289. The molecule has 0 aliphatic carbocycles. The molecular weight excluding hydrogens is 329 g/mol. The maximum Gasteiger partial charge on any atom is 0.435 e. The van der Waals surface area contributed by atoms with E-state index < -0.39 is 11.9 Å². The lowest BCUT2D eigenvalue weighted by molar-refractivity contribution is -0.141. The maximum absolute atomic E-state index is 13.1. The third-order valence-corrected chi connectivity index (χ3v) is 3.73. The van der Waals surface area contributed by atoms with Crippen LogP contribution in [0.25, 0.3) is 16.9 Å². The lowest BCUT2D eigenvalue weighted by Gasteiger charge is -2.08. The first-order valence-corrected chi connectivity index (χ1v) is 7.39. The zero-order valence-corrected chi connectivity index (χ0v) is 13.0. The second kappa shape index (κ2) is 6.42. The summed E-state index contributed by atoms with van der Waals surface area (Å²) in [7, 11) is 0. The van der Waals surface area contributed by atoms with E-state index in [-0.39, 0.29) is 5.69 Å². The number of nitrogens with two attached hydrogens (primary N) is 1. The van der Waals surface area contributed by atoms with E-state index in [1.54, 1.807) is 48.5 Å². The molecule has 4 nitrogen and oxygen atoms in total. The Hall–Kier alpha value is -3.11. The standard InChI is InChI=1S/C18H13F3N4/c19-18(20,21)17-9-16(14-5-1-12(10-22)2-6-14)25(24-17)15-7-3-13(11-23)4-8-15/h1-9H,11,23H2. The minimum Gasteiger partial charge on any atom is -0.326 e. The molecule has 2 N–H and O–H groups in total. The summed E-state index contributed by atoms with van der Waals surface area (Å²) >= 11 is 0. The van der Waals surface area contributed by atoms with E-state index in [2.05, 4.69) is 5.10 Å². The number of benzene rings is 2. The lowest BCUT2D eigenvalue weighted by Crippen LogP contribution is -2.07. The van der Waals surface area contributed by atoms with Gasteiger partial charge in [-0.1, -0.05) is 24.3 Å². The topological polar surface area (TPSA) is 67.6 Å². The van der Waals surface area contributed by atoms with Crippen LogP contribution in [0.3, 0.4) is 0 Å². The molecule has 0 atom stereocenters. The second-order valence-electron chi connectivity index (χ2n) is 5.38. The SMILES string of the molecule is N#Cc1ccc(-c2cc(C(F)(F)F)nn2-c2ccc(CN)cc2)cc1. The van der Waals surface area contributed by atoms with Crippen LogP contribution in [-0.2, 0) is 12.7 Å². The fourth-order valence-corrected chi connectivity index (χ4v) is 2.41. The number of halogens is 3. The molecule has 0 saturated carbocycles. The van der Waals surface area contributed by atoms with Gasteiger partial charge >= 0.3 is 6.18 Å². The van der Waals surface area contributed by atoms with E-state index in [1.807, 2.05) is 6.07 Å². The second-order valence-corrected chi connectivity index (χ2v) is 5.38. The number of rotatable bonds is 3. The van der Waals surface area contributed by atoms with E-state index in [0.29, 0.717) is 23.4 Å². The van der Waals surface area contributed by atoms with Gasteiger partial charge in [0.25, 0.3) is 0 Å². The van der Waals surface area contributed by atoms with E-state index in [4.69, 9.17) is 11.0 Å². The van der Waals surface area contributed by atoms with Gasteiger partial charge in [-0.3, -0.25) is 0 Å². The van der Waals surface area contributed by atoms with Crippen LogP contribution in [0.2, 0.25) is 0 Å². The molecule has 0 amide bonds. The van der Waals surface area contributed by atoms with Crippen molar-refractivity contribution in [1.29, 1.82) is 5.26 Å². The van der Waals surface area contributed by atoms with Gasteiger partial charge in [0, 0.05) is 12.1 Å². The van der Waals surface area contributed by atoms with E-state index in [1.165, 1.54) is 4.68 Å². The van der Waals surface area contributed by atoms with Crippen molar-refractivity contribution in [3.05, 3.63) is 71.4 Å². The molecular formula is C18H13F3N4. The van der Waals surface area contributed by atoms with Crippen LogP contribution in [0.5, 0.6) is 0 Å². The summed E-state index contributed by atoms with van der Waals surface area (Å²) in [5, 5.41) is 12.6. The molecule has 0 aliphatic rings. The Balaban J connectivity index is 2.14. The van der Waals surface area contributed by atoms with Crippen molar-refractivity contribution in [3.8, 4) is 23.0 Å². The van der Waals surface area contributed by atoms with Gasteiger partial charge in [-0.2, -0.15) is 23.5 Å². The van der Waals surface area contributed by atoms with E-state index in [0.717, 1.165) is 11.6 Å². The predicted molar refractivity (Wildman–Crippen MR) is 86.6 cm³/mol. The van der Waals surface area contributed by atoms with Gasteiger partial charge in [0.15, 0.2) is 5.69 Å². The van der Waals surface area contributed by atoms with Crippen LogP contribution in [-0.4, -0.2) is 9.78 Å². The summed E-state index contributed by atoms with van der Waals surface area (Å²) in [6.45, 7) is 0.343. The summed E-state index contributed by atoms with van der Waals surface area (Å²) in [6.07, 6.45) is -4.55. The lowest BCUT2D eigenvalue weighted by atomic mass is 10.1. The Kier molecular flexibility index (Phi) is 4.30. The normalized spacial score (nSPS) is 11.3. The van der Waals surface area contributed by atoms with Gasteiger partial charge in [0.2, 0.25) is 0 Å². The van der Waals surface area contributed by atoms with Crippen molar-refractivity contribution in [1.82, 2.24) is 9.78 Å². The fraction of sp³-hybridized carbons (Fsp3) is 0.111. The summed E-state index contributed by atoms with van der Waals surface area (Å²) in [6, 6.07) is 16.1. The molecule has 0 spiro atoms. The molecule has 0 aliphatic heterocycles. The predicted octanol–water partition coefficient (Wildman–Crippen LogP) is 3.89. The van der Waals surface area contributed by atoms with Crippen molar-refractivity contribution in [2.45, 2.75) is 12.7 Å². The highest BCUT2D eigenvalue weighted by molar-refractivity contribution is 5.64. The molecule has 0 radical (unpaired) electrons. The number of alkyl halides is 3. The van der Waals surface area contributed by atoms with Crippen LogP contribution < -0.4 is 5.73 Å². The molecule has 126 valence electrons. The zero-order chi connectivity index (χ0) is 18.0. The Morgan fingerprint density at radius 2 is 1.68 bits per heavy atom. The summed E-state index contributed by atoms with van der Waals surface area (Å²) < 4.78 is 40.6. The summed E-state index contributed by atoms with van der Waals surface area (Å²) in [4.78, 5) is 0. The number of nitriles is 1. The van der Waals surface area contributed by atoms with Crippen molar-refractivity contribution >= 4 is 0 Å². The number of nitrogens with zero attached hydrogens (tertiary/aromatic N) is 3. The van der Waals surface area contributed by atoms with E-state index >= 15 is 0 Å². The van der Waals surface area contributed by atoms with Gasteiger partial charge in [-0.05, 0) is 35.9 Å². The number of hydrogen-bond donors (Lipinski definition) is 1. The van der Waals surface area contributed by atoms with Crippen LogP contribution in [0.4, 0.5) is 13.2 Å². The maximum atomic E-state index is 13.1.